The van der Waals surface area contributed by atoms with Gasteiger partial charge in [0.25, 0.3) is 0 Å². The van der Waals surface area contributed by atoms with E-state index in [-0.39, 0.29) is 24.6 Å². The fraction of sp³-hybridized carbons (Fsp3) is 0.136. The largest absolute Gasteiger partial charge is 0.441 e. The number of hydrogen-bond donors (Lipinski definition) is 1. The van der Waals surface area contributed by atoms with Crippen LogP contribution in [0.25, 0.3) is 22.6 Å². The van der Waals surface area contributed by atoms with Crippen LogP contribution in [0.3, 0.4) is 0 Å². The summed E-state index contributed by atoms with van der Waals surface area (Å²) in [6, 6.07) is 9.38. The van der Waals surface area contributed by atoms with E-state index in [4.69, 9.17) is 4.42 Å². The fourth-order valence-electron chi connectivity index (χ4n) is 2.94. The first kappa shape index (κ1) is 20.8. The van der Waals surface area contributed by atoms with Crippen LogP contribution in [0.15, 0.2) is 53.1 Å². The summed E-state index contributed by atoms with van der Waals surface area (Å²) in [6.45, 7) is 1.79. The lowest BCUT2D eigenvalue weighted by molar-refractivity contribution is -0.116. The van der Waals surface area contributed by atoms with Gasteiger partial charge in [0.1, 0.15) is 5.82 Å². The van der Waals surface area contributed by atoms with E-state index in [0.29, 0.717) is 33.6 Å². The quantitative estimate of drug-likeness (QED) is 0.411. The molecule has 2 aromatic heterocycles. The second kappa shape index (κ2) is 8.73. The normalized spacial score (nSPS) is 11.0. The van der Waals surface area contributed by atoms with Crippen molar-refractivity contribution < 1.29 is 22.4 Å². The lowest BCUT2D eigenvalue weighted by Gasteiger charge is -2.01. The highest BCUT2D eigenvalue weighted by Gasteiger charge is 2.15. The molecule has 31 heavy (non-hydrogen) atoms. The van der Waals surface area contributed by atoms with Crippen LogP contribution in [0.4, 0.5) is 18.3 Å². The third kappa shape index (κ3) is 4.83. The molecule has 0 bridgehead atoms. The number of benzene rings is 2. The van der Waals surface area contributed by atoms with Crippen molar-refractivity contribution in [3.05, 3.63) is 76.9 Å². The van der Waals surface area contributed by atoms with Gasteiger partial charge in [0.15, 0.2) is 28.4 Å². The number of oxazole rings is 1. The maximum atomic E-state index is 13.5. The molecule has 0 fully saturated rings. The molecule has 0 aliphatic heterocycles. The number of aryl methyl sites for hydroxylation is 2. The molecule has 0 atom stereocenters. The first-order valence-electron chi connectivity index (χ1n) is 9.32. The number of aromatic nitrogens is 2. The zero-order valence-corrected chi connectivity index (χ0v) is 17.1. The van der Waals surface area contributed by atoms with Gasteiger partial charge in [0.2, 0.25) is 5.91 Å². The van der Waals surface area contributed by atoms with Crippen LogP contribution in [0, 0.1) is 24.4 Å². The highest BCUT2D eigenvalue weighted by Crippen LogP contribution is 2.31. The zero-order chi connectivity index (χ0) is 22.0. The van der Waals surface area contributed by atoms with E-state index < -0.39 is 11.6 Å². The summed E-state index contributed by atoms with van der Waals surface area (Å²) in [5.41, 5.74) is 1.60. The highest BCUT2D eigenvalue weighted by molar-refractivity contribution is 7.16. The first-order valence-corrected chi connectivity index (χ1v) is 10.1. The number of hydrogen-bond acceptors (Lipinski definition) is 5. The number of nitrogens with zero attached hydrogens (tertiary/aromatic N) is 2. The van der Waals surface area contributed by atoms with Gasteiger partial charge in [0.05, 0.1) is 11.9 Å². The van der Waals surface area contributed by atoms with Crippen molar-refractivity contribution in [3.8, 4) is 22.6 Å². The number of carbonyl (C=O) groups excluding carboxylic acids is 1. The number of halogens is 3. The molecular weight excluding hydrogens is 427 g/mol. The molecule has 0 spiro atoms. The molecule has 0 aliphatic rings. The van der Waals surface area contributed by atoms with Crippen LogP contribution in [-0.4, -0.2) is 15.9 Å². The summed E-state index contributed by atoms with van der Waals surface area (Å²) < 4.78 is 45.3. The first-order chi connectivity index (χ1) is 14.9. The average Bonchev–Trinajstić information content (AvgIpc) is 3.36. The molecule has 0 unspecified atom stereocenters. The van der Waals surface area contributed by atoms with E-state index in [0.717, 1.165) is 17.0 Å². The van der Waals surface area contributed by atoms with Crippen molar-refractivity contribution in [1.29, 1.82) is 0 Å². The molecule has 0 radical (unpaired) electrons. The molecule has 4 rings (SSSR count). The van der Waals surface area contributed by atoms with Crippen LogP contribution in [0.1, 0.15) is 17.2 Å². The van der Waals surface area contributed by atoms with Crippen molar-refractivity contribution in [2.24, 2.45) is 0 Å². The molecule has 0 aliphatic carbocycles. The van der Waals surface area contributed by atoms with Crippen LogP contribution < -0.4 is 5.32 Å². The minimum Gasteiger partial charge on any atom is -0.441 e. The Labute approximate surface area is 179 Å². The molecule has 158 valence electrons. The van der Waals surface area contributed by atoms with Gasteiger partial charge < -0.3 is 9.73 Å². The highest BCUT2D eigenvalue weighted by atomic mass is 32.1. The Balaban J connectivity index is 1.37. The van der Waals surface area contributed by atoms with Crippen molar-refractivity contribution >= 4 is 22.4 Å². The van der Waals surface area contributed by atoms with Crippen LogP contribution in [0.5, 0.6) is 0 Å². The van der Waals surface area contributed by atoms with Crippen molar-refractivity contribution in [2.45, 2.75) is 19.8 Å². The monoisotopic (exact) mass is 443 g/mol. The number of rotatable bonds is 6. The molecular formula is C22H16F3N3O2S. The predicted octanol–water partition coefficient (Wildman–Crippen LogP) is 5.76. The van der Waals surface area contributed by atoms with Crippen molar-refractivity contribution in [1.82, 2.24) is 9.97 Å². The Bertz CT molecular complexity index is 1240. The molecule has 5 nitrogen and oxygen atoms in total. The Hall–Kier alpha value is -3.46. The number of nitrogens with one attached hydrogen (secondary N) is 1. The molecule has 4 aromatic rings. The van der Waals surface area contributed by atoms with Gasteiger partial charge in [-0.3, -0.25) is 4.79 Å². The smallest absolute Gasteiger partial charge is 0.226 e. The molecule has 9 heteroatoms. The summed E-state index contributed by atoms with van der Waals surface area (Å²) in [6.07, 6.45) is 1.91. The standard InChI is InChI=1S/C22H16F3N3O2S/c1-12-21(14-4-7-16(24)17(25)10-14)28-22(31-12)27-19(29)8-9-20-26-11-18(30-20)13-2-5-15(23)6-3-13/h2-7,10-11H,8-9H2,1H3,(H,27,28,29). The Morgan fingerprint density at radius 3 is 2.55 bits per heavy atom. The topological polar surface area (TPSA) is 68.0 Å². The molecule has 1 amide bonds. The van der Waals surface area contributed by atoms with Gasteiger partial charge in [-0.25, -0.2) is 23.1 Å². The maximum absolute atomic E-state index is 13.5. The van der Waals surface area contributed by atoms with E-state index >= 15 is 0 Å². The van der Waals surface area contributed by atoms with Crippen LogP contribution in [0.2, 0.25) is 0 Å². The van der Waals surface area contributed by atoms with Gasteiger partial charge in [-0.2, -0.15) is 0 Å². The lowest BCUT2D eigenvalue weighted by Crippen LogP contribution is -2.12. The molecule has 1 N–H and O–H groups in total. The van der Waals surface area contributed by atoms with E-state index in [2.05, 4.69) is 15.3 Å². The second-order valence-electron chi connectivity index (χ2n) is 6.73. The van der Waals surface area contributed by atoms with Crippen LogP contribution in [-0.2, 0) is 11.2 Å². The third-order valence-corrected chi connectivity index (χ3v) is 5.37. The van der Waals surface area contributed by atoms with Gasteiger partial charge in [0, 0.05) is 28.8 Å². The van der Waals surface area contributed by atoms with Gasteiger partial charge >= 0.3 is 0 Å². The minimum absolute atomic E-state index is 0.114. The molecule has 0 saturated heterocycles. The predicted molar refractivity (Wildman–Crippen MR) is 111 cm³/mol. The summed E-state index contributed by atoms with van der Waals surface area (Å²) in [5.74, 6) is -1.65. The van der Waals surface area contributed by atoms with Crippen molar-refractivity contribution in [2.75, 3.05) is 5.32 Å². The minimum atomic E-state index is -0.957. The van der Waals surface area contributed by atoms with Gasteiger partial charge in [-0.1, -0.05) is 0 Å². The number of amides is 1. The summed E-state index contributed by atoms with van der Waals surface area (Å²) >= 11 is 1.24. The summed E-state index contributed by atoms with van der Waals surface area (Å²) in [5, 5.41) is 3.07. The lowest BCUT2D eigenvalue weighted by atomic mass is 10.1. The molecule has 2 aromatic carbocycles. The van der Waals surface area contributed by atoms with E-state index in [9.17, 15) is 18.0 Å². The van der Waals surface area contributed by atoms with E-state index in [1.807, 2.05) is 0 Å². The average molecular weight is 443 g/mol. The molecule has 2 heterocycles. The van der Waals surface area contributed by atoms with Gasteiger partial charge in [-0.05, 0) is 49.4 Å². The number of thiazole rings is 1. The third-order valence-electron chi connectivity index (χ3n) is 4.48. The van der Waals surface area contributed by atoms with E-state index in [1.165, 1.54) is 35.7 Å². The zero-order valence-electron chi connectivity index (χ0n) is 16.3. The van der Waals surface area contributed by atoms with Crippen molar-refractivity contribution in [3.63, 3.8) is 0 Å². The Morgan fingerprint density at radius 2 is 1.81 bits per heavy atom. The Kier molecular flexibility index (Phi) is 5.85. The summed E-state index contributed by atoms with van der Waals surface area (Å²) in [7, 11) is 0. The SMILES string of the molecule is Cc1sc(NC(=O)CCc2ncc(-c3ccc(F)cc3)o2)nc1-c1ccc(F)c(F)c1. The van der Waals surface area contributed by atoms with Gasteiger partial charge in [-0.15, -0.1) is 11.3 Å². The Morgan fingerprint density at radius 1 is 1.06 bits per heavy atom. The summed E-state index contributed by atoms with van der Waals surface area (Å²) in [4.78, 5) is 21.5. The molecule has 0 saturated carbocycles. The number of anilines is 1. The maximum Gasteiger partial charge on any atom is 0.226 e. The number of carbonyl (C=O) groups is 1. The second-order valence-corrected chi connectivity index (χ2v) is 7.93. The fourth-order valence-corrected chi connectivity index (χ4v) is 3.79. The van der Waals surface area contributed by atoms with Crippen LogP contribution >= 0.6 is 11.3 Å². The van der Waals surface area contributed by atoms with E-state index in [1.54, 1.807) is 19.1 Å².